The Balaban J connectivity index is 1.47. The minimum Gasteiger partial charge on any atom is -0.441 e. The summed E-state index contributed by atoms with van der Waals surface area (Å²) < 4.78 is 33.1. The maximum absolute atomic E-state index is 13.0. The number of anilines is 1. The van der Waals surface area contributed by atoms with Gasteiger partial charge in [-0.1, -0.05) is 37.5 Å². The van der Waals surface area contributed by atoms with Crippen LogP contribution in [0.15, 0.2) is 63.9 Å². The Bertz CT molecular complexity index is 1180. The Morgan fingerprint density at radius 3 is 2.34 bits per heavy atom. The topological polar surface area (TPSA) is 92.5 Å². The molecule has 1 saturated carbocycles. The third kappa shape index (κ3) is 4.61. The lowest BCUT2D eigenvalue weighted by atomic mass is 9.96. The van der Waals surface area contributed by atoms with Crippen LogP contribution in [0.5, 0.6) is 0 Å². The number of benzene rings is 2. The van der Waals surface area contributed by atoms with Crippen molar-refractivity contribution in [2.75, 3.05) is 12.4 Å². The molecule has 7 nitrogen and oxygen atoms in total. The third-order valence-electron chi connectivity index (χ3n) is 5.91. The Labute approximate surface area is 188 Å². The van der Waals surface area contributed by atoms with Crippen molar-refractivity contribution in [3.63, 3.8) is 0 Å². The molecule has 1 amide bonds. The Hall–Kier alpha value is -2.97. The van der Waals surface area contributed by atoms with E-state index in [4.69, 9.17) is 4.42 Å². The van der Waals surface area contributed by atoms with Gasteiger partial charge in [-0.3, -0.25) is 4.79 Å². The number of nitrogens with zero attached hydrogens (tertiary/aromatic N) is 2. The zero-order valence-corrected chi connectivity index (χ0v) is 19.1. The first-order valence-corrected chi connectivity index (χ1v) is 12.2. The molecule has 1 aliphatic rings. The number of nitrogens with one attached hydrogen (secondary N) is 1. The molecule has 1 heterocycles. The summed E-state index contributed by atoms with van der Waals surface area (Å²) in [6.07, 6.45) is 5.07. The summed E-state index contributed by atoms with van der Waals surface area (Å²) in [6, 6.07) is 15.6. The maximum atomic E-state index is 13.0. The van der Waals surface area contributed by atoms with E-state index in [1.54, 1.807) is 26.1 Å². The predicted molar refractivity (Wildman–Crippen MR) is 123 cm³/mol. The van der Waals surface area contributed by atoms with Crippen molar-refractivity contribution in [1.29, 1.82) is 0 Å². The van der Waals surface area contributed by atoms with E-state index in [0.29, 0.717) is 17.3 Å². The summed E-state index contributed by atoms with van der Waals surface area (Å²) in [6.45, 7) is 1.69. The van der Waals surface area contributed by atoms with Gasteiger partial charge in [-0.05, 0) is 56.2 Å². The quantitative estimate of drug-likeness (QED) is 0.576. The monoisotopic (exact) mass is 453 g/mol. The number of aryl methyl sites for hydroxylation is 1. The molecule has 4 rings (SSSR count). The molecule has 2 aromatic carbocycles. The van der Waals surface area contributed by atoms with Gasteiger partial charge in [0.15, 0.2) is 5.69 Å². The van der Waals surface area contributed by atoms with Crippen molar-refractivity contribution < 1.29 is 17.6 Å². The second-order valence-corrected chi connectivity index (χ2v) is 10.1. The minimum absolute atomic E-state index is 0.0436. The van der Waals surface area contributed by atoms with E-state index < -0.39 is 15.9 Å². The SMILES string of the molecule is Cc1oc(-c2ccccc2)nc1C(=O)Nc1ccc(S(=O)(=O)N(C)C2CCCCC2)cc1. The molecule has 0 bridgehead atoms. The van der Waals surface area contributed by atoms with Crippen molar-refractivity contribution in [2.24, 2.45) is 0 Å². The van der Waals surface area contributed by atoms with E-state index >= 15 is 0 Å². The number of carbonyl (C=O) groups excluding carboxylic acids is 1. The zero-order valence-electron chi connectivity index (χ0n) is 18.2. The highest BCUT2D eigenvalue weighted by atomic mass is 32.2. The van der Waals surface area contributed by atoms with Crippen LogP contribution in [0.25, 0.3) is 11.5 Å². The number of carbonyl (C=O) groups is 1. The second kappa shape index (κ2) is 9.26. The summed E-state index contributed by atoms with van der Waals surface area (Å²) >= 11 is 0. The number of amides is 1. The average Bonchev–Trinajstić information content (AvgIpc) is 3.22. The molecule has 1 aromatic heterocycles. The van der Waals surface area contributed by atoms with E-state index in [1.807, 2.05) is 30.3 Å². The molecule has 32 heavy (non-hydrogen) atoms. The second-order valence-electron chi connectivity index (χ2n) is 8.08. The van der Waals surface area contributed by atoms with Gasteiger partial charge in [-0.2, -0.15) is 4.31 Å². The average molecular weight is 454 g/mol. The van der Waals surface area contributed by atoms with Crippen LogP contribution in [0.1, 0.15) is 48.4 Å². The van der Waals surface area contributed by atoms with Crippen LogP contribution >= 0.6 is 0 Å². The lowest BCUT2D eigenvalue weighted by Gasteiger charge is -2.30. The number of hydrogen-bond acceptors (Lipinski definition) is 5. The lowest BCUT2D eigenvalue weighted by Crippen LogP contribution is -2.38. The van der Waals surface area contributed by atoms with Crippen molar-refractivity contribution in [1.82, 2.24) is 9.29 Å². The minimum atomic E-state index is -3.58. The third-order valence-corrected chi connectivity index (χ3v) is 7.83. The first-order chi connectivity index (χ1) is 15.4. The van der Waals surface area contributed by atoms with Gasteiger partial charge in [0.05, 0.1) is 4.90 Å². The molecular weight excluding hydrogens is 426 g/mol. The van der Waals surface area contributed by atoms with E-state index in [1.165, 1.54) is 16.4 Å². The molecule has 0 atom stereocenters. The molecule has 0 aliphatic heterocycles. The van der Waals surface area contributed by atoms with Gasteiger partial charge >= 0.3 is 0 Å². The van der Waals surface area contributed by atoms with Gasteiger partial charge in [-0.15, -0.1) is 0 Å². The van der Waals surface area contributed by atoms with E-state index in [2.05, 4.69) is 10.3 Å². The molecule has 0 unspecified atom stereocenters. The number of hydrogen-bond donors (Lipinski definition) is 1. The van der Waals surface area contributed by atoms with Crippen LogP contribution in [0.2, 0.25) is 0 Å². The molecule has 8 heteroatoms. The highest BCUT2D eigenvalue weighted by Crippen LogP contribution is 2.27. The fourth-order valence-electron chi connectivity index (χ4n) is 4.02. The van der Waals surface area contributed by atoms with Crippen LogP contribution < -0.4 is 5.32 Å². The summed E-state index contributed by atoms with van der Waals surface area (Å²) in [5.74, 6) is 0.374. The molecule has 168 valence electrons. The number of oxazole rings is 1. The van der Waals surface area contributed by atoms with Gasteiger partial charge in [0, 0.05) is 24.3 Å². The fourth-order valence-corrected chi connectivity index (χ4v) is 5.43. The van der Waals surface area contributed by atoms with Crippen LogP contribution in [0.3, 0.4) is 0 Å². The molecule has 0 radical (unpaired) electrons. The maximum Gasteiger partial charge on any atom is 0.277 e. The molecule has 1 fully saturated rings. The highest BCUT2D eigenvalue weighted by molar-refractivity contribution is 7.89. The van der Waals surface area contributed by atoms with Gasteiger partial charge in [0.1, 0.15) is 5.76 Å². The highest BCUT2D eigenvalue weighted by Gasteiger charge is 2.29. The summed E-state index contributed by atoms with van der Waals surface area (Å²) in [7, 11) is -1.93. The van der Waals surface area contributed by atoms with E-state index in [0.717, 1.165) is 37.7 Å². The van der Waals surface area contributed by atoms with Crippen LogP contribution in [0.4, 0.5) is 5.69 Å². The lowest BCUT2D eigenvalue weighted by molar-refractivity contribution is 0.102. The number of rotatable bonds is 6. The molecule has 0 spiro atoms. The van der Waals surface area contributed by atoms with Gasteiger partial charge in [0.25, 0.3) is 5.91 Å². The number of sulfonamides is 1. The Morgan fingerprint density at radius 2 is 1.69 bits per heavy atom. The summed E-state index contributed by atoms with van der Waals surface area (Å²) in [5.41, 5.74) is 1.46. The first kappa shape index (κ1) is 22.2. The van der Waals surface area contributed by atoms with E-state index in [9.17, 15) is 13.2 Å². The zero-order chi connectivity index (χ0) is 22.7. The fraction of sp³-hybridized carbons (Fsp3) is 0.333. The van der Waals surface area contributed by atoms with Gasteiger partial charge in [0.2, 0.25) is 15.9 Å². The normalized spacial score (nSPS) is 15.1. The van der Waals surface area contributed by atoms with Crippen molar-refractivity contribution >= 4 is 21.6 Å². The molecular formula is C24H27N3O4S. The Morgan fingerprint density at radius 1 is 1.03 bits per heavy atom. The van der Waals surface area contributed by atoms with Crippen LogP contribution in [0, 0.1) is 6.92 Å². The van der Waals surface area contributed by atoms with Gasteiger partial charge in [-0.25, -0.2) is 13.4 Å². The molecule has 0 saturated heterocycles. The van der Waals surface area contributed by atoms with Crippen LogP contribution in [-0.2, 0) is 10.0 Å². The standard InChI is InChI=1S/C24H27N3O4S/c1-17-22(26-24(31-17)18-9-5-3-6-10-18)23(28)25-19-13-15-21(16-14-19)32(29,30)27(2)20-11-7-4-8-12-20/h3,5-6,9-10,13-16,20H,4,7-8,11-12H2,1-2H3,(H,25,28). The van der Waals surface area contributed by atoms with Crippen molar-refractivity contribution in [3.05, 3.63) is 66.1 Å². The first-order valence-electron chi connectivity index (χ1n) is 10.8. The Kier molecular flexibility index (Phi) is 6.43. The van der Waals surface area contributed by atoms with Crippen molar-refractivity contribution in [2.45, 2.75) is 50.0 Å². The number of aromatic nitrogens is 1. The predicted octanol–water partition coefficient (Wildman–Crippen LogP) is 4.86. The summed E-state index contributed by atoms with van der Waals surface area (Å²) in [4.78, 5) is 17.3. The molecule has 1 N–H and O–H groups in total. The molecule has 1 aliphatic carbocycles. The molecule has 3 aromatic rings. The van der Waals surface area contributed by atoms with Crippen molar-refractivity contribution in [3.8, 4) is 11.5 Å². The van der Waals surface area contributed by atoms with Gasteiger partial charge < -0.3 is 9.73 Å². The van der Waals surface area contributed by atoms with Crippen LogP contribution in [-0.4, -0.2) is 36.7 Å². The van der Waals surface area contributed by atoms with E-state index in [-0.39, 0.29) is 16.6 Å². The smallest absolute Gasteiger partial charge is 0.277 e. The largest absolute Gasteiger partial charge is 0.441 e. The summed E-state index contributed by atoms with van der Waals surface area (Å²) in [5, 5.41) is 2.77.